The van der Waals surface area contributed by atoms with Crippen LogP contribution in [0.5, 0.6) is 23.0 Å². The van der Waals surface area contributed by atoms with E-state index in [-0.39, 0.29) is 188 Å². The minimum Gasteiger partial charge on any atom is -0.850 e. The van der Waals surface area contributed by atoms with E-state index in [0.717, 1.165) is 46.2 Å². The van der Waals surface area contributed by atoms with Gasteiger partial charge in [-0.15, -0.1) is 38.5 Å². The van der Waals surface area contributed by atoms with Gasteiger partial charge in [0.15, 0.2) is 45.8 Å². The van der Waals surface area contributed by atoms with Crippen LogP contribution in [0.1, 0.15) is 217 Å². The molecule has 0 aliphatic carbocycles. The van der Waals surface area contributed by atoms with Gasteiger partial charge in [-0.25, -0.2) is 19.2 Å². The number of nitrogens with zero attached hydrogens (tertiary/aromatic N) is 4. The number of hydrogen-bond acceptors (Lipinski definition) is 26. The van der Waals surface area contributed by atoms with E-state index < -0.39 is 68.5 Å². The molecule has 10 rings (SSSR count). The quantitative estimate of drug-likeness (QED) is 0.00445. The summed E-state index contributed by atoms with van der Waals surface area (Å²) >= 11 is 0. The van der Waals surface area contributed by atoms with E-state index in [1.807, 2.05) is 184 Å². The molecule has 1 aliphatic rings. The van der Waals surface area contributed by atoms with Gasteiger partial charge in [-0.2, -0.15) is 5.90 Å². The van der Waals surface area contributed by atoms with E-state index in [2.05, 4.69) is 80.3 Å². The summed E-state index contributed by atoms with van der Waals surface area (Å²) in [5.41, 5.74) is 9.00. The standard InChI is InChI=1S/C19H21N3O3.C18H21N3O3.C18H20N2O3.C13H11NO4.C10H19NO2.C9H17NO3.C7H6N2O4.C5H11N.C4H9O.K/c1-3-15(4-2)21-13-20-22-11-10-16(23)18(17(22)19(21)24)25-12-14-8-6-5-7-9-14;1-3-14(4-2)20-18(23)16-17(15(22)10-11-21(16)19)24-12-13-8-6-5-7-9-13;1-3-14(4-2)20-18(22)16-17(15(21)10-11-19-16)23-12-13-8-6-5-7-9-13;15-10-6-7-14-11(13(16)17)12(10)18-8-9-4-2-1-3-5-9;1-6-8(7-2)11-9(12)13-10(3,4)5;1-5-7(6-11)10-8(12)13-9(2,3)4;8-13-7(10)5-1-3-6(4-2-5)9(11)12;1-3-5(6)4-2;1-4(2,3)5;/h3,5-11,15,20H,1,4,12-13H2,2H3;3,5-11,14H,1,4,12,19H2,2H3,(H,20,23);3,5-11,14H,1,4,12H2,2H3,(H,19,21)(H,20,22);1-7H,8H2,(H,14,15)(H,16,17);6,8H,1,7H2,2-5H3,(H,11,12);6-7H,5H2,1-4H3,(H,10,12);1-4H,8H2;3,5H,1,4,6H2,2H3;1-3H3;/q;;;;;;;;-1;+1. The zero-order chi connectivity index (χ0) is 105. The van der Waals surface area contributed by atoms with E-state index in [1.54, 1.807) is 87.7 Å². The molecule has 1 aliphatic heterocycles. The molecule has 6 atom stereocenters. The smallest absolute Gasteiger partial charge is 0.850 e. The Morgan fingerprint density at radius 3 is 1.22 bits per heavy atom. The summed E-state index contributed by atoms with van der Waals surface area (Å²) in [6.45, 7) is 46.7. The number of aromatic nitrogens is 4. The van der Waals surface area contributed by atoms with Crippen molar-refractivity contribution in [3.63, 3.8) is 0 Å². The number of nitro benzene ring substituents is 1. The molecule has 37 nitrogen and oxygen atoms in total. The molecule has 0 saturated carbocycles. The number of nitrogen functional groups attached to an aromatic ring is 1. The summed E-state index contributed by atoms with van der Waals surface area (Å²) in [5.74, 6) is 7.22. The Kier molecular flexibility index (Phi) is 58.9. The monoisotopic (exact) mass is 1970 g/mol. The fourth-order valence-corrected chi connectivity index (χ4v) is 11.1. The molecule has 5 amide bonds. The first kappa shape index (κ1) is 125. The normalized spacial score (nSPS) is 12.0. The number of fused-ring (bicyclic) bond motifs is 1. The number of nitrogens with one attached hydrogen (secondary N) is 7. The Morgan fingerprint density at radius 2 is 0.865 bits per heavy atom. The predicted octanol–water partition coefficient (Wildman–Crippen LogP) is 11.1. The average molecular weight is 1980 g/mol. The zero-order valence-electron chi connectivity index (χ0n) is 83.2. The second kappa shape index (κ2) is 66.4. The Morgan fingerprint density at radius 1 is 0.496 bits per heavy atom. The third-order valence-corrected chi connectivity index (χ3v) is 18.5. The molecule has 4 aromatic heterocycles. The maximum absolute atomic E-state index is 13.0. The van der Waals surface area contributed by atoms with Gasteiger partial charge in [0.2, 0.25) is 21.7 Å². The van der Waals surface area contributed by atoms with Crippen molar-refractivity contribution in [1.29, 1.82) is 0 Å². The number of carbonyl (C=O) groups excluding carboxylic acids is 7. The van der Waals surface area contributed by atoms with Crippen molar-refractivity contribution in [2.24, 2.45) is 11.6 Å². The van der Waals surface area contributed by atoms with Gasteiger partial charge >= 0.3 is 75.5 Å². The summed E-state index contributed by atoms with van der Waals surface area (Å²) in [6.07, 6.45) is 18.3. The summed E-state index contributed by atoms with van der Waals surface area (Å²) in [4.78, 5) is 161. The van der Waals surface area contributed by atoms with Gasteiger partial charge in [0.25, 0.3) is 23.4 Å². The van der Waals surface area contributed by atoms with Crippen LogP contribution < -0.4 is 141 Å². The molecule has 0 spiro atoms. The van der Waals surface area contributed by atoms with Crippen LogP contribution in [0, 0.1) is 10.1 Å². The summed E-state index contributed by atoms with van der Waals surface area (Å²) < 4.78 is 34.9. The van der Waals surface area contributed by atoms with Crippen molar-refractivity contribution in [2.45, 2.75) is 222 Å². The Labute approximate surface area is 864 Å². The number of rotatable bonds is 34. The molecule has 38 heteroatoms. The number of pyridine rings is 4. The van der Waals surface area contributed by atoms with Crippen molar-refractivity contribution in [3.8, 4) is 23.0 Å². The topological polar surface area (TPSA) is 539 Å². The van der Waals surface area contributed by atoms with Gasteiger partial charge in [0.1, 0.15) is 50.6 Å². The molecule has 0 saturated heterocycles. The number of carboxylic acid groups (broad SMARTS) is 1. The van der Waals surface area contributed by atoms with Gasteiger partial charge in [-0.05, 0) is 114 Å². The largest absolute Gasteiger partial charge is 1.00 e. The number of alkyl carbamates (subject to hydrolysis) is 2. The molecule has 5 heterocycles. The van der Waals surface area contributed by atoms with Crippen LogP contribution in [0.3, 0.4) is 0 Å². The first-order valence-electron chi connectivity index (χ1n) is 44.7. The van der Waals surface area contributed by atoms with E-state index >= 15 is 0 Å². The maximum Gasteiger partial charge on any atom is 1.00 e. The Balaban J connectivity index is 0.000000818. The predicted molar refractivity (Wildman–Crippen MR) is 538 cm³/mol. The van der Waals surface area contributed by atoms with Crippen molar-refractivity contribution in [2.75, 3.05) is 17.9 Å². The number of benzene rings is 5. The molecule has 5 aromatic carbocycles. The van der Waals surface area contributed by atoms with Gasteiger partial charge < -0.3 is 101 Å². The number of nitrogens with two attached hydrogens (primary N) is 3. The molecule has 0 radical (unpaired) electrons. The molecule has 0 bridgehead atoms. The van der Waals surface area contributed by atoms with E-state index in [4.69, 9.17) is 45.1 Å². The molecule has 141 heavy (non-hydrogen) atoms. The van der Waals surface area contributed by atoms with Crippen LogP contribution in [0.2, 0.25) is 0 Å². The van der Waals surface area contributed by atoms with Crippen molar-refractivity contribution < 1.29 is 138 Å². The third kappa shape index (κ3) is 48.8. The molecule has 6 unspecified atom stereocenters. The average Bonchev–Trinajstić information content (AvgIpc) is 0.769. The van der Waals surface area contributed by atoms with Crippen LogP contribution in [-0.4, -0.2) is 142 Å². The van der Waals surface area contributed by atoms with Crippen LogP contribution in [0.25, 0.3) is 0 Å². The third-order valence-electron chi connectivity index (χ3n) is 18.5. The summed E-state index contributed by atoms with van der Waals surface area (Å²) in [5, 5.41) is 39.9. The van der Waals surface area contributed by atoms with Crippen molar-refractivity contribution in [3.05, 3.63) is 360 Å². The number of aldehydes is 1. The Bertz CT molecular complexity index is 5620. The second-order valence-corrected chi connectivity index (χ2v) is 33.1. The van der Waals surface area contributed by atoms with Crippen LogP contribution in [0.4, 0.5) is 15.3 Å². The fourth-order valence-electron chi connectivity index (χ4n) is 11.1. The minimum absolute atomic E-state index is 0. The second-order valence-electron chi connectivity index (χ2n) is 33.1. The van der Waals surface area contributed by atoms with Crippen LogP contribution in [-0.2, 0) is 45.5 Å². The first-order chi connectivity index (χ1) is 66.3. The minimum atomic E-state index is -1.23. The zero-order valence-corrected chi connectivity index (χ0v) is 86.3. The molecular weight excluding hydrogens is 1840 g/mol. The maximum atomic E-state index is 13.0. The van der Waals surface area contributed by atoms with Crippen molar-refractivity contribution in [1.82, 2.24) is 45.5 Å². The summed E-state index contributed by atoms with van der Waals surface area (Å²) in [7, 11) is 0. The number of aromatic carboxylic acids is 1. The van der Waals surface area contributed by atoms with Gasteiger partial charge in [-0.3, -0.25) is 53.0 Å². The van der Waals surface area contributed by atoms with E-state index in [1.165, 1.54) is 67.1 Å². The Hall–Kier alpha value is -14.1. The summed E-state index contributed by atoms with van der Waals surface area (Å²) in [6, 6.07) is 47.0. The SMILES string of the molecule is C=CC(CC)N1CNn2ccc(=O)c(OCc3ccccc3)c2C1=O.C=CC(CC)NC(=O)OC(C)(C)C.C=CC(CC)NC(=O)c1[nH]ccc(=O)c1OCc1ccccc1.C=CC(CC)NC(=O)c1c(OCc2ccccc2)c(=O)ccn1N.C=CC(N)CC.CC(C)(C)[O-].CCC(C=O)NC(=O)OC(C)(C)C.NOC(=O)c1ccc([N+](=O)[O-])cc1.O=C(O)c1[nH]ccc(=O)c1OCc1ccccc1.[K+]. The van der Waals surface area contributed by atoms with Gasteiger partial charge in [0, 0.05) is 85.4 Å². The fraction of sp³-hybridized carbons (Fsp3) is 0.340. The molecule has 9 aromatic rings. The molecule has 756 valence electrons. The number of ether oxygens (including phenoxy) is 6. The van der Waals surface area contributed by atoms with Crippen LogP contribution in [0.15, 0.2) is 277 Å². The molecule has 0 fully saturated rings. The number of carbonyl (C=O) groups is 8. The molecular formula is C103H135KN14O23. The number of hydrogen-bond donors (Lipinski definition) is 11. The van der Waals surface area contributed by atoms with Gasteiger partial charge in [-0.1, -0.05) is 214 Å². The van der Waals surface area contributed by atoms with Gasteiger partial charge in [0.05, 0.1) is 22.6 Å². The number of amides is 5. The number of aromatic amines is 2. The molecule has 14 N–H and O–H groups in total. The van der Waals surface area contributed by atoms with Crippen LogP contribution >= 0.6 is 0 Å². The van der Waals surface area contributed by atoms with Crippen molar-refractivity contribution >= 4 is 53.8 Å². The number of carboxylic acids is 1. The first-order valence-corrected chi connectivity index (χ1v) is 44.7. The van der Waals surface area contributed by atoms with E-state index in [9.17, 15) is 72.8 Å². The van der Waals surface area contributed by atoms with E-state index in [0.29, 0.717) is 32.2 Å². The number of H-pyrrole nitrogens is 2. The number of nitro groups is 1. The number of non-ortho nitro benzene ring substituents is 1.